The van der Waals surface area contributed by atoms with Gasteiger partial charge in [-0.05, 0) is 74.8 Å². The average molecular weight is 328 g/mol. The van der Waals surface area contributed by atoms with Crippen LogP contribution in [0.3, 0.4) is 0 Å². The number of fused-ring (bicyclic) bond motifs is 3. The molecule has 26 heavy (non-hydrogen) atoms. The zero-order valence-corrected chi connectivity index (χ0v) is 14.2. The second-order valence-electron chi connectivity index (χ2n) is 6.54. The zero-order chi connectivity index (χ0) is 17.3. The molecule has 5 rings (SSSR count). The van der Waals surface area contributed by atoms with Gasteiger partial charge in [0.2, 0.25) is 0 Å². The molecule has 5 aromatic carbocycles. The summed E-state index contributed by atoms with van der Waals surface area (Å²) in [6.07, 6.45) is 0. The monoisotopic (exact) mass is 328 g/mol. The Kier molecular flexibility index (Phi) is 3.44. The number of rotatable bonds is 0. The average Bonchev–Trinajstić information content (AvgIpc) is 2.70. The van der Waals surface area contributed by atoms with Crippen molar-refractivity contribution in [2.24, 2.45) is 0 Å². The van der Waals surface area contributed by atoms with Crippen LogP contribution in [-0.4, -0.2) is 0 Å². The maximum absolute atomic E-state index is 3.36. The molecule has 0 saturated heterocycles. The Morgan fingerprint density at radius 2 is 1.04 bits per heavy atom. The van der Waals surface area contributed by atoms with Crippen molar-refractivity contribution in [2.75, 3.05) is 0 Å². The Bertz CT molecular complexity index is 1320. The largest absolute Gasteiger partial charge is 0.0622 e. The van der Waals surface area contributed by atoms with Gasteiger partial charge in [0, 0.05) is 11.1 Å². The van der Waals surface area contributed by atoms with E-state index in [1.54, 1.807) is 0 Å². The second-order valence-corrected chi connectivity index (χ2v) is 6.54. The maximum atomic E-state index is 3.36. The summed E-state index contributed by atoms with van der Waals surface area (Å²) >= 11 is 0. The quantitative estimate of drug-likeness (QED) is 0.223. The first-order valence-corrected chi connectivity index (χ1v) is 8.79. The van der Waals surface area contributed by atoms with Gasteiger partial charge in [-0.2, -0.15) is 0 Å². The van der Waals surface area contributed by atoms with E-state index < -0.39 is 0 Å². The van der Waals surface area contributed by atoms with Crippen LogP contribution < -0.4 is 0 Å². The molecule has 0 bridgehead atoms. The fourth-order valence-electron chi connectivity index (χ4n) is 3.49. The Labute approximate surface area is 152 Å². The highest BCUT2D eigenvalue weighted by atomic mass is 14.1. The number of benzene rings is 5. The Balaban J connectivity index is 1.73. The van der Waals surface area contributed by atoms with Crippen LogP contribution in [0.5, 0.6) is 0 Å². The fourth-order valence-corrected chi connectivity index (χ4v) is 3.49. The molecule has 0 N–H and O–H groups in total. The van der Waals surface area contributed by atoms with E-state index in [4.69, 9.17) is 0 Å². The molecule has 0 heterocycles. The molecule has 0 unspecified atom stereocenters. The highest BCUT2D eigenvalue weighted by Gasteiger charge is 2.03. The van der Waals surface area contributed by atoms with Crippen molar-refractivity contribution in [3.05, 3.63) is 108 Å². The molecular weight excluding hydrogens is 312 g/mol. The van der Waals surface area contributed by atoms with E-state index >= 15 is 0 Å². The predicted molar refractivity (Wildman–Crippen MR) is 111 cm³/mol. The summed E-state index contributed by atoms with van der Waals surface area (Å²) in [7, 11) is 0. The Morgan fingerprint density at radius 3 is 1.81 bits per heavy atom. The van der Waals surface area contributed by atoms with E-state index in [9.17, 15) is 0 Å². The summed E-state index contributed by atoms with van der Waals surface area (Å²) in [6.45, 7) is 0. The first-order chi connectivity index (χ1) is 12.9. The summed E-state index contributed by atoms with van der Waals surface area (Å²) in [5, 5.41) is 7.51. The van der Waals surface area contributed by atoms with Crippen molar-refractivity contribution in [3.63, 3.8) is 0 Å². The van der Waals surface area contributed by atoms with Crippen LogP contribution in [-0.2, 0) is 0 Å². The van der Waals surface area contributed by atoms with Gasteiger partial charge in [-0.1, -0.05) is 66.4 Å². The van der Waals surface area contributed by atoms with Crippen molar-refractivity contribution < 1.29 is 0 Å². The van der Waals surface area contributed by atoms with E-state index in [1.165, 1.54) is 32.3 Å². The van der Waals surface area contributed by atoms with Crippen molar-refractivity contribution in [1.29, 1.82) is 0 Å². The molecule has 0 nitrogen and oxygen atoms in total. The molecule has 0 aliphatic carbocycles. The van der Waals surface area contributed by atoms with Gasteiger partial charge in [-0.15, -0.1) is 0 Å². The minimum absolute atomic E-state index is 1.04. The minimum atomic E-state index is 1.04. The molecule has 120 valence electrons. The van der Waals surface area contributed by atoms with E-state index in [1.807, 2.05) is 30.3 Å². The molecule has 0 aliphatic heterocycles. The summed E-state index contributed by atoms with van der Waals surface area (Å²) in [5.74, 6) is 6.64. The molecule has 0 saturated carbocycles. The van der Waals surface area contributed by atoms with Crippen LogP contribution in [0.2, 0.25) is 0 Å². The SMILES string of the molecule is C(#Cc1cccc2cc3cc4ccccc4cc3cc12)c1ccccc1. The highest BCUT2D eigenvalue weighted by Crippen LogP contribution is 2.28. The lowest BCUT2D eigenvalue weighted by Gasteiger charge is -2.06. The van der Waals surface area contributed by atoms with E-state index in [-0.39, 0.29) is 0 Å². The Hall–Kier alpha value is -3.56. The Morgan fingerprint density at radius 1 is 0.423 bits per heavy atom. The van der Waals surface area contributed by atoms with Gasteiger partial charge in [-0.3, -0.25) is 0 Å². The van der Waals surface area contributed by atoms with Crippen molar-refractivity contribution >= 4 is 32.3 Å². The first kappa shape index (κ1) is 14.8. The highest BCUT2D eigenvalue weighted by molar-refractivity contribution is 6.05. The van der Waals surface area contributed by atoms with Crippen LogP contribution in [0.1, 0.15) is 11.1 Å². The van der Waals surface area contributed by atoms with Gasteiger partial charge in [0.15, 0.2) is 0 Å². The summed E-state index contributed by atoms with van der Waals surface area (Å²) in [4.78, 5) is 0. The van der Waals surface area contributed by atoms with Crippen molar-refractivity contribution in [2.45, 2.75) is 0 Å². The molecule has 0 aliphatic rings. The van der Waals surface area contributed by atoms with E-state index in [2.05, 4.69) is 78.6 Å². The van der Waals surface area contributed by atoms with Gasteiger partial charge in [-0.25, -0.2) is 0 Å². The molecular formula is C26H16. The van der Waals surface area contributed by atoms with Crippen LogP contribution in [0.15, 0.2) is 97.1 Å². The third-order valence-corrected chi connectivity index (χ3v) is 4.82. The van der Waals surface area contributed by atoms with Gasteiger partial charge in [0.25, 0.3) is 0 Å². The lowest BCUT2D eigenvalue weighted by atomic mass is 9.97. The van der Waals surface area contributed by atoms with Gasteiger partial charge >= 0.3 is 0 Å². The maximum Gasteiger partial charge on any atom is 0.0327 e. The van der Waals surface area contributed by atoms with Gasteiger partial charge in [0.1, 0.15) is 0 Å². The minimum Gasteiger partial charge on any atom is -0.0622 e. The fraction of sp³-hybridized carbons (Fsp3) is 0. The van der Waals surface area contributed by atoms with Crippen molar-refractivity contribution in [1.82, 2.24) is 0 Å². The summed E-state index contributed by atoms with van der Waals surface area (Å²) in [5.41, 5.74) is 2.11. The molecule has 0 atom stereocenters. The number of hydrogen-bond acceptors (Lipinski definition) is 0. The van der Waals surface area contributed by atoms with Crippen LogP contribution >= 0.6 is 0 Å². The zero-order valence-electron chi connectivity index (χ0n) is 14.2. The third-order valence-electron chi connectivity index (χ3n) is 4.82. The topological polar surface area (TPSA) is 0 Å². The van der Waals surface area contributed by atoms with E-state index in [0.717, 1.165) is 11.1 Å². The lowest BCUT2D eigenvalue weighted by Crippen LogP contribution is -1.83. The first-order valence-electron chi connectivity index (χ1n) is 8.79. The molecule has 0 amide bonds. The normalized spacial score (nSPS) is 10.8. The van der Waals surface area contributed by atoms with Gasteiger partial charge in [0.05, 0.1) is 0 Å². The summed E-state index contributed by atoms with van der Waals surface area (Å²) in [6, 6.07) is 34.1. The summed E-state index contributed by atoms with van der Waals surface area (Å²) < 4.78 is 0. The molecule has 0 aromatic heterocycles. The molecule has 0 spiro atoms. The smallest absolute Gasteiger partial charge is 0.0327 e. The predicted octanol–water partition coefficient (Wildman–Crippen LogP) is 6.55. The standard InChI is InChI=1S/C26H16/c1-2-7-19(8-3-1)13-14-20-11-6-12-23-17-24-15-21-9-4-5-10-22(21)16-25(24)18-26(20)23/h1-12,15-18H. The molecule has 0 fully saturated rings. The molecule has 0 radical (unpaired) electrons. The van der Waals surface area contributed by atoms with Crippen LogP contribution in [0, 0.1) is 11.8 Å². The third kappa shape index (κ3) is 2.61. The number of hydrogen-bond donors (Lipinski definition) is 0. The van der Waals surface area contributed by atoms with Crippen LogP contribution in [0.4, 0.5) is 0 Å². The van der Waals surface area contributed by atoms with Gasteiger partial charge < -0.3 is 0 Å². The molecule has 5 aromatic rings. The van der Waals surface area contributed by atoms with Crippen molar-refractivity contribution in [3.8, 4) is 11.8 Å². The van der Waals surface area contributed by atoms with Crippen LogP contribution in [0.25, 0.3) is 32.3 Å². The lowest BCUT2D eigenvalue weighted by molar-refractivity contribution is 1.64. The second kappa shape index (κ2) is 6.06. The van der Waals surface area contributed by atoms with E-state index in [0.29, 0.717) is 0 Å². The molecule has 0 heteroatoms.